The van der Waals surface area contributed by atoms with Gasteiger partial charge in [0.05, 0.1) is 18.3 Å². The standard InChI is InChI=1S/C29H50N4O3/c1-5-21(4)24(28(35)33-19-23-13-9-10-15-31-23)14-16-32-29(36)25(20(2)3)18-27(34)26(30)17-22-11-7-6-8-12-22/h9-10,13,15,20-22,24-27,34H,5-8,11-12,14,16-19,30H2,1-4H3,(H,32,36)(H,33,35)/t21-,24+,25?,26+,27+/m1/s1. The van der Waals surface area contributed by atoms with Crippen molar-refractivity contribution < 1.29 is 14.7 Å². The minimum atomic E-state index is -0.685. The second-order valence-electron chi connectivity index (χ2n) is 11.2. The predicted molar refractivity (Wildman–Crippen MR) is 145 cm³/mol. The number of nitrogens with zero attached hydrogens (tertiary/aromatic N) is 1. The maximum atomic E-state index is 13.1. The normalized spacial score (nSPS) is 18.8. The van der Waals surface area contributed by atoms with Gasteiger partial charge in [0.15, 0.2) is 0 Å². The van der Waals surface area contributed by atoms with E-state index in [0.29, 0.717) is 31.8 Å². The highest BCUT2D eigenvalue weighted by Gasteiger charge is 2.30. The van der Waals surface area contributed by atoms with Gasteiger partial charge in [0.25, 0.3) is 0 Å². The first kappa shape index (κ1) is 30.2. The van der Waals surface area contributed by atoms with E-state index in [2.05, 4.69) is 29.5 Å². The van der Waals surface area contributed by atoms with Crippen LogP contribution in [0.3, 0.4) is 0 Å². The van der Waals surface area contributed by atoms with Crippen LogP contribution in [0.1, 0.15) is 91.2 Å². The minimum Gasteiger partial charge on any atom is -0.391 e. The summed E-state index contributed by atoms with van der Waals surface area (Å²) in [4.78, 5) is 30.2. The Balaban J connectivity index is 1.85. The summed E-state index contributed by atoms with van der Waals surface area (Å²) in [6.07, 6.45) is 9.89. The number of aromatic nitrogens is 1. The van der Waals surface area contributed by atoms with E-state index in [0.717, 1.165) is 18.5 Å². The highest BCUT2D eigenvalue weighted by molar-refractivity contribution is 5.80. The number of aliphatic hydroxyl groups is 1. The van der Waals surface area contributed by atoms with Crippen LogP contribution in [0.2, 0.25) is 0 Å². The lowest BCUT2D eigenvalue weighted by Crippen LogP contribution is -2.43. The van der Waals surface area contributed by atoms with Crippen LogP contribution >= 0.6 is 0 Å². The van der Waals surface area contributed by atoms with Crippen molar-refractivity contribution in [2.45, 2.75) is 104 Å². The van der Waals surface area contributed by atoms with Gasteiger partial charge in [-0.15, -0.1) is 0 Å². The largest absolute Gasteiger partial charge is 0.391 e. The van der Waals surface area contributed by atoms with Gasteiger partial charge < -0.3 is 21.5 Å². The number of amides is 2. The van der Waals surface area contributed by atoms with E-state index in [-0.39, 0.29) is 41.5 Å². The SMILES string of the molecule is CC[C@@H](C)[C@H](CCNC(=O)C(C[C@H](O)[C@@H](N)CC1CCCCC1)C(C)C)C(=O)NCc1ccccn1. The van der Waals surface area contributed by atoms with Crippen LogP contribution in [-0.2, 0) is 16.1 Å². The Morgan fingerprint density at radius 3 is 2.39 bits per heavy atom. The number of carbonyl (C=O) groups excluding carboxylic acids is 2. The van der Waals surface area contributed by atoms with Gasteiger partial charge in [-0.2, -0.15) is 0 Å². The molecule has 1 aliphatic carbocycles. The fourth-order valence-electron chi connectivity index (χ4n) is 5.33. The molecule has 36 heavy (non-hydrogen) atoms. The van der Waals surface area contributed by atoms with Crippen molar-refractivity contribution in [3.63, 3.8) is 0 Å². The van der Waals surface area contributed by atoms with Gasteiger partial charge in [0.1, 0.15) is 0 Å². The molecule has 0 aliphatic heterocycles. The van der Waals surface area contributed by atoms with Crippen molar-refractivity contribution in [1.29, 1.82) is 0 Å². The maximum Gasteiger partial charge on any atom is 0.223 e. The highest BCUT2D eigenvalue weighted by atomic mass is 16.3. The molecule has 7 heteroatoms. The summed E-state index contributed by atoms with van der Waals surface area (Å²) in [7, 11) is 0. The Hall–Kier alpha value is -1.99. The average molecular weight is 503 g/mol. The first-order chi connectivity index (χ1) is 17.2. The van der Waals surface area contributed by atoms with Crippen LogP contribution in [0.15, 0.2) is 24.4 Å². The van der Waals surface area contributed by atoms with Crippen molar-refractivity contribution in [3.8, 4) is 0 Å². The van der Waals surface area contributed by atoms with E-state index in [1.54, 1.807) is 6.20 Å². The second-order valence-corrected chi connectivity index (χ2v) is 11.2. The molecular weight excluding hydrogens is 452 g/mol. The lowest BCUT2D eigenvalue weighted by molar-refractivity contribution is -0.129. The summed E-state index contributed by atoms with van der Waals surface area (Å²) in [6, 6.07) is 5.35. The molecule has 1 saturated carbocycles. The second kappa shape index (κ2) is 16.0. The smallest absolute Gasteiger partial charge is 0.223 e. The molecule has 2 amide bonds. The molecule has 1 aromatic heterocycles. The predicted octanol–water partition coefficient (Wildman–Crippen LogP) is 4.19. The third-order valence-electron chi connectivity index (χ3n) is 8.05. The van der Waals surface area contributed by atoms with Crippen LogP contribution < -0.4 is 16.4 Å². The molecule has 0 spiro atoms. The number of rotatable bonds is 15. The van der Waals surface area contributed by atoms with Crippen molar-refractivity contribution in [3.05, 3.63) is 30.1 Å². The Kier molecular flexibility index (Phi) is 13.4. The number of hydrogen-bond acceptors (Lipinski definition) is 5. The van der Waals surface area contributed by atoms with Gasteiger partial charge in [-0.05, 0) is 49.1 Å². The van der Waals surface area contributed by atoms with E-state index in [4.69, 9.17) is 5.73 Å². The van der Waals surface area contributed by atoms with Crippen LogP contribution in [0, 0.1) is 29.6 Å². The summed E-state index contributed by atoms with van der Waals surface area (Å²) in [5, 5.41) is 16.8. The molecule has 1 unspecified atom stereocenters. The quantitative estimate of drug-likeness (QED) is 0.287. The van der Waals surface area contributed by atoms with Gasteiger partial charge in [-0.25, -0.2) is 0 Å². The number of pyridine rings is 1. The van der Waals surface area contributed by atoms with Crippen LogP contribution in [0.5, 0.6) is 0 Å². The Morgan fingerprint density at radius 1 is 1.08 bits per heavy atom. The molecule has 1 aliphatic rings. The molecule has 204 valence electrons. The van der Waals surface area contributed by atoms with Gasteiger partial charge >= 0.3 is 0 Å². The number of hydrogen-bond donors (Lipinski definition) is 4. The molecule has 1 aromatic rings. The van der Waals surface area contributed by atoms with E-state index in [1.807, 2.05) is 32.0 Å². The van der Waals surface area contributed by atoms with E-state index >= 15 is 0 Å². The lowest BCUT2D eigenvalue weighted by atomic mass is 9.81. The summed E-state index contributed by atoms with van der Waals surface area (Å²) < 4.78 is 0. The third kappa shape index (κ3) is 10.2. The monoisotopic (exact) mass is 502 g/mol. The highest BCUT2D eigenvalue weighted by Crippen LogP contribution is 2.29. The minimum absolute atomic E-state index is 0.00577. The van der Waals surface area contributed by atoms with Crippen molar-refractivity contribution in [2.24, 2.45) is 35.3 Å². The zero-order valence-corrected chi connectivity index (χ0v) is 22.9. The Morgan fingerprint density at radius 2 is 1.78 bits per heavy atom. The summed E-state index contributed by atoms with van der Waals surface area (Å²) in [5.41, 5.74) is 7.18. The molecule has 2 rings (SSSR count). The summed E-state index contributed by atoms with van der Waals surface area (Å²) in [5.74, 6) is 0.318. The van der Waals surface area contributed by atoms with Crippen LogP contribution in [-0.4, -0.2) is 40.6 Å². The molecule has 0 aromatic carbocycles. The van der Waals surface area contributed by atoms with Crippen LogP contribution in [0.4, 0.5) is 0 Å². The van der Waals surface area contributed by atoms with Gasteiger partial charge in [0, 0.05) is 30.6 Å². The molecule has 1 fully saturated rings. The van der Waals surface area contributed by atoms with E-state index in [9.17, 15) is 14.7 Å². The molecular formula is C29H50N4O3. The molecule has 1 heterocycles. The molecule has 0 radical (unpaired) electrons. The van der Waals surface area contributed by atoms with E-state index in [1.165, 1.54) is 32.1 Å². The number of carbonyl (C=O) groups is 2. The van der Waals surface area contributed by atoms with E-state index < -0.39 is 6.10 Å². The van der Waals surface area contributed by atoms with Crippen LogP contribution in [0.25, 0.3) is 0 Å². The molecule has 0 saturated heterocycles. The van der Waals surface area contributed by atoms with Gasteiger partial charge in [0.2, 0.25) is 11.8 Å². The van der Waals surface area contributed by atoms with Crippen molar-refractivity contribution in [2.75, 3.05) is 6.54 Å². The molecule has 5 atom stereocenters. The Bertz CT molecular complexity index is 767. The fraction of sp³-hybridized carbons (Fsp3) is 0.759. The molecule has 0 bridgehead atoms. The fourth-order valence-corrected chi connectivity index (χ4v) is 5.33. The number of nitrogens with one attached hydrogen (secondary N) is 2. The number of aliphatic hydroxyl groups excluding tert-OH is 1. The maximum absolute atomic E-state index is 13.1. The van der Waals surface area contributed by atoms with Gasteiger partial charge in [-0.1, -0.05) is 72.3 Å². The lowest BCUT2D eigenvalue weighted by Gasteiger charge is -2.30. The first-order valence-corrected chi connectivity index (χ1v) is 14.1. The van der Waals surface area contributed by atoms with Crippen molar-refractivity contribution >= 4 is 11.8 Å². The topological polar surface area (TPSA) is 117 Å². The zero-order valence-electron chi connectivity index (χ0n) is 22.9. The summed E-state index contributed by atoms with van der Waals surface area (Å²) >= 11 is 0. The first-order valence-electron chi connectivity index (χ1n) is 14.1. The van der Waals surface area contributed by atoms with Crippen molar-refractivity contribution in [1.82, 2.24) is 15.6 Å². The summed E-state index contributed by atoms with van der Waals surface area (Å²) in [6.45, 7) is 9.00. The average Bonchev–Trinajstić information content (AvgIpc) is 2.88. The zero-order chi connectivity index (χ0) is 26.5. The molecule has 7 nitrogen and oxygen atoms in total. The Labute approximate surface area is 218 Å². The molecule has 5 N–H and O–H groups in total. The third-order valence-corrected chi connectivity index (χ3v) is 8.05. The number of nitrogens with two attached hydrogens (primary N) is 1. The van der Waals surface area contributed by atoms with Gasteiger partial charge in [-0.3, -0.25) is 14.6 Å².